The number of anilines is 1. The number of urea groups is 1. The Morgan fingerprint density at radius 3 is 2.30 bits per heavy atom. The van der Waals surface area contributed by atoms with E-state index in [9.17, 15) is 9.59 Å². The number of fused-ring (bicyclic) bond motifs is 1. The summed E-state index contributed by atoms with van der Waals surface area (Å²) in [5, 5.41) is 9.49. The van der Waals surface area contributed by atoms with Gasteiger partial charge < -0.3 is 21.7 Å². The molecule has 0 aliphatic carbocycles. The van der Waals surface area contributed by atoms with Crippen LogP contribution < -0.4 is 21.7 Å². The number of primary amides is 1. The molecule has 0 fully saturated rings. The summed E-state index contributed by atoms with van der Waals surface area (Å²) in [4.78, 5) is 33.0. The topological polar surface area (TPSA) is 122 Å². The highest BCUT2D eigenvalue weighted by Gasteiger charge is 2.21. The van der Waals surface area contributed by atoms with Gasteiger partial charge in [0.1, 0.15) is 11.9 Å². The van der Waals surface area contributed by atoms with E-state index in [0.717, 1.165) is 10.9 Å². The second kappa shape index (κ2) is 9.69. The first-order valence-corrected chi connectivity index (χ1v) is 9.81. The number of nitrogens with zero attached hydrogens (tertiary/aromatic N) is 2. The third-order valence-corrected chi connectivity index (χ3v) is 4.62. The van der Waals surface area contributed by atoms with Crippen molar-refractivity contribution in [2.24, 2.45) is 11.7 Å². The minimum atomic E-state index is -0.571. The van der Waals surface area contributed by atoms with Crippen LogP contribution in [0.15, 0.2) is 54.6 Å². The standard InChI is InChI=1S/C22H26N6O2/c1-14(2)19(20(23)29)28-21-16-10-6-7-11-17(16)26-18(27-21)13-25-22(30)24-12-15-8-4-3-5-9-15/h3-11,14,19H,12-13H2,1-2H3,(H2,23,29)(H2,24,25,30)(H,26,27,28)/t19-/m0/s1. The molecule has 156 valence electrons. The molecule has 1 heterocycles. The molecule has 0 spiro atoms. The van der Waals surface area contributed by atoms with Crippen molar-refractivity contribution in [1.29, 1.82) is 0 Å². The number of nitrogens with two attached hydrogens (primary N) is 1. The second-order valence-corrected chi connectivity index (χ2v) is 7.30. The molecule has 0 bridgehead atoms. The van der Waals surface area contributed by atoms with E-state index in [1.165, 1.54) is 0 Å². The highest BCUT2D eigenvalue weighted by atomic mass is 16.2. The van der Waals surface area contributed by atoms with Crippen LogP contribution in [0, 0.1) is 5.92 Å². The Morgan fingerprint density at radius 1 is 0.933 bits per heavy atom. The van der Waals surface area contributed by atoms with Crippen LogP contribution >= 0.6 is 0 Å². The molecular weight excluding hydrogens is 380 g/mol. The molecule has 0 saturated carbocycles. The van der Waals surface area contributed by atoms with Crippen molar-refractivity contribution >= 4 is 28.7 Å². The van der Waals surface area contributed by atoms with Crippen LogP contribution in [0.5, 0.6) is 0 Å². The Bertz CT molecular complexity index is 1020. The van der Waals surface area contributed by atoms with E-state index in [0.29, 0.717) is 23.7 Å². The first-order chi connectivity index (χ1) is 14.4. The molecule has 3 amide bonds. The van der Waals surface area contributed by atoms with Crippen molar-refractivity contribution in [2.75, 3.05) is 5.32 Å². The predicted molar refractivity (Wildman–Crippen MR) is 116 cm³/mol. The first-order valence-electron chi connectivity index (χ1n) is 9.81. The Kier molecular flexibility index (Phi) is 6.79. The van der Waals surface area contributed by atoms with Crippen molar-refractivity contribution in [3.05, 3.63) is 66.0 Å². The third-order valence-electron chi connectivity index (χ3n) is 4.62. The maximum atomic E-state index is 12.1. The number of benzene rings is 2. The van der Waals surface area contributed by atoms with Crippen LogP contribution in [-0.2, 0) is 17.9 Å². The number of aromatic nitrogens is 2. The molecule has 3 rings (SSSR count). The lowest BCUT2D eigenvalue weighted by Gasteiger charge is -2.21. The first kappa shape index (κ1) is 21.0. The molecule has 2 aromatic carbocycles. The van der Waals surface area contributed by atoms with Gasteiger partial charge in [0.05, 0.1) is 12.1 Å². The molecule has 0 saturated heterocycles. The molecule has 0 radical (unpaired) electrons. The van der Waals surface area contributed by atoms with Crippen molar-refractivity contribution in [3.8, 4) is 0 Å². The lowest BCUT2D eigenvalue weighted by atomic mass is 10.0. The summed E-state index contributed by atoms with van der Waals surface area (Å²) in [6.45, 7) is 4.38. The van der Waals surface area contributed by atoms with Gasteiger partial charge in [0.2, 0.25) is 5.91 Å². The van der Waals surface area contributed by atoms with Gasteiger partial charge in [-0.15, -0.1) is 0 Å². The van der Waals surface area contributed by atoms with Crippen molar-refractivity contribution in [3.63, 3.8) is 0 Å². The van der Waals surface area contributed by atoms with Gasteiger partial charge in [0.25, 0.3) is 0 Å². The number of carbonyl (C=O) groups is 2. The molecule has 8 heteroatoms. The van der Waals surface area contributed by atoms with Crippen molar-refractivity contribution in [1.82, 2.24) is 20.6 Å². The fourth-order valence-corrected chi connectivity index (χ4v) is 3.03. The summed E-state index contributed by atoms with van der Waals surface area (Å²) >= 11 is 0. The van der Waals surface area contributed by atoms with Gasteiger partial charge in [-0.2, -0.15) is 0 Å². The summed E-state index contributed by atoms with van der Waals surface area (Å²) in [6, 6.07) is 16.2. The highest BCUT2D eigenvalue weighted by molar-refractivity contribution is 5.92. The third kappa shape index (κ3) is 5.44. The largest absolute Gasteiger partial charge is 0.368 e. The number of para-hydroxylation sites is 1. The van der Waals surface area contributed by atoms with E-state index in [1.807, 2.05) is 68.4 Å². The molecule has 3 aromatic rings. The van der Waals surface area contributed by atoms with E-state index in [1.54, 1.807) is 0 Å². The lowest BCUT2D eigenvalue weighted by molar-refractivity contribution is -0.119. The smallest absolute Gasteiger partial charge is 0.315 e. The highest BCUT2D eigenvalue weighted by Crippen LogP contribution is 2.22. The van der Waals surface area contributed by atoms with Crippen LogP contribution in [0.1, 0.15) is 25.2 Å². The van der Waals surface area contributed by atoms with Crippen molar-refractivity contribution in [2.45, 2.75) is 33.0 Å². The molecule has 1 atom stereocenters. The molecule has 5 N–H and O–H groups in total. The Balaban J connectivity index is 1.72. The summed E-state index contributed by atoms with van der Waals surface area (Å²) in [6.07, 6.45) is 0. The van der Waals surface area contributed by atoms with Gasteiger partial charge in [-0.25, -0.2) is 14.8 Å². The lowest BCUT2D eigenvalue weighted by Crippen LogP contribution is -2.40. The minimum Gasteiger partial charge on any atom is -0.368 e. The van der Waals surface area contributed by atoms with E-state index in [2.05, 4.69) is 25.9 Å². The molecule has 0 aliphatic heterocycles. The predicted octanol–water partition coefficient (Wildman–Crippen LogP) is 2.55. The number of rotatable bonds is 8. The van der Waals surface area contributed by atoms with Gasteiger partial charge in [-0.3, -0.25) is 4.79 Å². The average Bonchev–Trinajstić information content (AvgIpc) is 2.74. The fraction of sp³-hybridized carbons (Fsp3) is 0.273. The fourth-order valence-electron chi connectivity index (χ4n) is 3.03. The van der Waals surface area contributed by atoms with Crippen LogP contribution in [0.4, 0.5) is 10.6 Å². The summed E-state index contributed by atoms with van der Waals surface area (Å²) in [5.74, 6) is 0.479. The molecule has 1 aromatic heterocycles. The van der Waals surface area contributed by atoms with Gasteiger partial charge in [-0.1, -0.05) is 56.3 Å². The molecular formula is C22H26N6O2. The number of carbonyl (C=O) groups excluding carboxylic acids is 2. The van der Waals surface area contributed by atoms with Crippen LogP contribution in [0.3, 0.4) is 0 Å². The van der Waals surface area contributed by atoms with Crippen LogP contribution in [0.25, 0.3) is 10.9 Å². The summed E-state index contributed by atoms with van der Waals surface area (Å²) < 4.78 is 0. The number of nitrogens with one attached hydrogen (secondary N) is 3. The SMILES string of the molecule is CC(C)[C@H](Nc1nc(CNC(=O)NCc2ccccc2)nc2ccccc12)C(N)=O. The zero-order chi connectivity index (χ0) is 21.5. The molecule has 30 heavy (non-hydrogen) atoms. The van der Waals surface area contributed by atoms with Crippen LogP contribution in [-0.4, -0.2) is 27.9 Å². The van der Waals surface area contributed by atoms with Crippen molar-refractivity contribution < 1.29 is 9.59 Å². The van der Waals surface area contributed by atoms with E-state index in [4.69, 9.17) is 5.73 Å². The monoisotopic (exact) mass is 406 g/mol. The van der Waals surface area contributed by atoms with E-state index in [-0.39, 0.29) is 18.5 Å². The summed E-state index contributed by atoms with van der Waals surface area (Å²) in [5.41, 5.74) is 7.26. The molecule has 0 unspecified atom stereocenters. The van der Waals surface area contributed by atoms with Gasteiger partial charge in [-0.05, 0) is 23.6 Å². The summed E-state index contributed by atoms with van der Waals surface area (Å²) in [7, 11) is 0. The number of hydrogen-bond acceptors (Lipinski definition) is 5. The number of hydrogen-bond donors (Lipinski definition) is 4. The number of amides is 3. The zero-order valence-corrected chi connectivity index (χ0v) is 17.1. The Labute approximate surface area is 175 Å². The van der Waals surface area contributed by atoms with Gasteiger partial charge in [0, 0.05) is 11.9 Å². The maximum Gasteiger partial charge on any atom is 0.315 e. The Morgan fingerprint density at radius 2 is 1.60 bits per heavy atom. The molecule has 0 aliphatic rings. The van der Waals surface area contributed by atoms with Gasteiger partial charge in [0.15, 0.2) is 5.82 Å². The van der Waals surface area contributed by atoms with Crippen LogP contribution in [0.2, 0.25) is 0 Å². The quantitative estimate of drug-likeness (QED) is 0.458. The normalized spacial score (nSPS) is 11.8. The van der Waals surface area contributed by atoms with E-state index < -0.39 is 11.9 Å². The molecule has 8 nitrogen and oxygen atoms in total. The zero-order valence-electron chi connectivity index (χ0n) is 17.1. The Hall–Kier alpha value is -3.68. The van der Waals surface area contributed by atoms with Gasteiger partial charge >= 0.3 is 6.03 Å². The average molecular weight is 406 g/mol. The van der Waals surface area contributed by atoms with E-state index >= 15 is 0 Å². The minimum absolute atomic E-state index is 0.0124. The maximum absolute atomic E-state index is 12.1. The second-order valence-electron chi connectivity index (χ2n) is 7.30.